The Morgan fingerprint density at radius 2 is 2.14 bits per heavy atom. The van der Waals surface area contributed by atoms with Gasteiger partial charge in [0.1, 0.15) is 11.9 Å². The average molecular weight is 411 g/mol. The van der Waals surface area contributed by atoms with Gasteiger partial charge in [0.25, 0.3) is 0 Å². The first-order valence-corrected chi connectivity index (χ1v) is 11.1. The standard InChI is InChI=1S/C24H39FO4/c1-6-7-14-24(3,4)20(26)13-12-17-16(2)15-19-22(17)23(25)18(29-19)10-8-9-11-21(27)28-5/h10,12-13,16-17,19-20,22-23,26H,6-9,11,14-15H2,1-5H3/t16-,17+,19+,20-,22-,23?/m1/s1. The fourth-order valence-electron chi connectivity index (χ4n) is 4.59. The molecule has 166 valence electrons. The molecule has 0 spiro atoms. The first kappa shape index (κ1) is 23.9. The second kappa shape index (κ2) is 10.6. The van der Waals surface area contributed by atoms with Gasteiger partial charge in [-0.2, -0.15) is 0 Å². The van der Waals surface area contributed by atoms with Gasteiger partial charge in [-0.3, -0.25) is 4.79 Å². The van der Waals surface area contributed by atoms with Crippen LogP contribution in [-0.2, 0) is 14.3 Å². The van der Waals surface area contributed by atoms with Crippen molar-refractivity contribution in [3.63, 3.8) is 0 Å². The van der Waals surface area contributed by atoms with E-state index in [0.717, 1.165) is 25.7 Å². The van der Waals surface area contributed by atoms with E-state index in [1.165, 1.54) is 7.11 Å². The molecule has 1 unspecified atom stereocenters. The topological polar surface area (TPSA) is 55.8 Å². The van der Waals surface area contributed by atoms with Crippen molar-refractivity contribution in [3.8, 4) is 0 Å². The number of methoxy groups -OCH3 is 1. The van der Waals surface area contributed by atoms with E-state index in [0.29, 0.717) is 30.9 Å². The summed E-state index contributed by atoms with van der Waals surface area (Å²) in [5.74, 6) is 0.362. The highest BCUT2D eigenvalue weighted by atomic mass is 19.1. The van der Waals surface area contributed by atoms with Gasteiger partial charge >= 0.3 is 5.97 Å². The Kier molecular flexibility index (Phi) is 8.74. The Morgan fingerprint density at radius 1 is 1.41 bits per heavy atom. The smallest absolute Gasteiger partial charge is 0.305 e. The van der Waals surface area contributed by atoms with Crippen LogP contribution in [0.5, 0.6) is 0 Å². The maximum Gasteiger partial charge on any atom is 0.305 e. The predicted molar refractivity (Wildman–Crippen MR) is 113 cm³/mol. The maximum absolute atomic E-state index is 15.2. The molecule has 4 nitrogen and oxygen atoms in total. The van der Waals surface area contributed by atoms with Crippen LogP contribution in [0.1, 0.15) is 72.6 Å². The monoisotopic (exact) mass is 410 g/mol. The van der Waals surface area contributed by atoms with Crippen LogP contribution in [0.2, 0.25) is 0 Å². The molecule has 1 saturated carbocycles. The highest BCUT2D eigenvalue weighted by Crippen LogP contribution is 2.50. The molecule has 0 aromatic carbocycles. The molecule has 1 N–H and O–H groups in total. The highest BCUT2D eigenvalue weighted by Gasteiger charge is 2.52. The number of halogens is 1. The summed E-state index contributed by atoms with van der Waals surface area (Å²) in [4.78, 5) is 11.2. The van der Waals surface area contributed by atoms with Gasteiger partial charge in [-0.1, -0.05) is 52.7 Å². The maximum atomic E-state index is 15.2. The van der Waals surface area contributed by atoms with Gasteiger partial charge in [-0.15, -0.1) is 0 Å². The molecule has 2 fully saturated rings. The summed E-state index contributed by atoms with van der Waals surface area (Å²) in [6, 6.07) is 0. The van der Waals surface area contributed by atoms with Crippen LogP contribution in [-0.4, -0.2) is 36.6 Å². The highest BCUT2D eigenvalue weighted by molar-refractivity contribution is 5.69. The SMILES string of the molecule is CCCCC(C)(C)[C@H](O)C=C[C@@H]1[C@H]2C(F)C(=CCCCC(=O)OC)O[C@H]2C[C@H]1C. The quantitative estimate of drug-likeness (QED) is 0.299. The number of alkyl halides is 1. The zero-order chi connectivity index (χ0) is 21.6. The molecule has 29 heavy (non-hydrogen) atoms. The predicted octanol–water partition coefficient (Wildman–Crippen LogP) is 5.36. The number of esters is 1. The molecule has 0 amide bonds. The van der Waals surface area contributed by atoms with Crippen molar-refractivity contribution in [3.05, 3.63) is 24.0 Å². The minimum atomic E-state index is -1.12. The Hall–Kier alpha value is -1.36. The molecule has 6 atom stereocenters. The third-order valence-electron chi connectivity index (χ3n) is 6.68. The van der Waals surface area contributed by atoms with Crippen LogP contribution in [0.4, 0.5) is 4.39 Å². The first-order chi connectivity index (χ1) is 13.7. The molecule has 0 aromatic heterocycles. The van der Waals surface area contributed by atoms with Crippen molar-refractivity contribution in [2.45, 2.75) is 91.0 Å². The summed E-state index contributed by atoms with van der Waals surface area (Å²) in [7, 11) is 1.37. The van der Waals surface area contributed by atoms with Crippen LogP contribution in [0.3, 0.4) is 0 Å². The van der Waals surface area contributed by atoms with E-state index in [-0.39, 0.29) is 29.3 Å². The third kappa shape index (κ3) is 6.07. The fraction of sp³-hybridized carbons (Fsp3) is 0.792. The molecule has 0 radical (unpaired) electrons. The van der Waals surface area contributed by atoms with Gasteiger partial charge in [0.15, 0.2) is 6.17 Å². The van der Waals surface area contributed by atoms with Gasteiger partial charge in [-0.25, -0.2) is 4.39 Å². The number of hydrogen-bond acceptors (Lipinski definition) is 4. The van der Waals surface area contributed by atoms with Gasteiger partial charge in [-0.05, 0) is 49.0 Å². The summed E-state index contributed by atoms with van der Waals surface area (Å²) in [5, 5.41) is 10.7. The number of carbonyl (C=O) groups excluding carboxylic acids is 1. The molecule has 0 bridgehead atoms. The number of carbonyl (C=O) groups is 1. The van der Waals surface area contributed by atoms with Crippen molar-refractivity contribution in [1.29, 1.82) is 0 Å². The second-order valence-corrected chi connectivity index (χ2v) is 9.42. The summed E-state index contributed by atoms with van der Waals surface area (Å²) in [5.41, 5.74) is -0.181. The van der Waals surface area contributed by atoms with Crippen LogP contribution >= 0.6 is 0 Å². The largest absolute Gasteiger partial charge is 0.492 e. The van der Waals surface area contributed by atoms with Gasteiger partial charge in [0.2, 0.25) is 0 Å². The number of ether oxygens (including phenoxy) is 2. The zero-order valence-corrected chi connectivity index (χ0v) is 18.7. The number of allylic oxidation sites excluding steroid dienone is 3. The summed E-state index contributed by atoms with van der Waals surface area (Å²) >= 11 is 0. The van der Waals surface area contributed by atoms with Crippen LogP contribution in [0.15, 0.2) is 24.0 Å². The summed E-state index contributed by atoms with van der Waals surface area (Å²) < 4.78 is 25.7. The van der Waals surface area contributed by atoms with Crippen molar-refractivity contribution in [2.75, 3.05) is 7.11 Å². The molecular formula is C24H39FO4. The minimum absolute atomic E-state index is 0.0626. The van der Waals surface area contributed by atoms with E-state index < -0.39 is 12.3 Å². The molecule has 2 aliphatic rings. The number of unbranched alkanes of at least 4 members (excludes halogenated alkanes) is 2. The van der Waals surface area contributed by atoms with E-state index in [2.05, 4.69) is 32.4 Å². The second-order valence-electron chi connectivity index (χ2n) is 9.42. The van der Waals surface area contributed by atoms with Crippen molar-refractivity contribution >= 4 is 5.97 Å². The molecule has 5 heteroatoms. The number of rotatable bonds is 10. The molecular weight excluding hydrogens is 371 g/mol. The molecule has 1 aliphatic carbocycles. The van der Waals surface area contributed by atoms with Crippen LogP contribution < -0.4 is 0 Å². The molecule has 2 rings (SSSR count). The Bertz CT molecular complexity index is 598. The van der Waals surface area contributed by atoms with E-state index in [9.17, 15) is 9.90 Å². The Balaban J connectivity index is 1.98. The first-order valence-electron chi connectivity index (χ1n) is 11.1. The van der Waals surface area contributed by atoms with Gasteiger partial charge < -0.3 is 14.6 Å². The van der Waals surface area contributed by atoms with Crippen LogP contribution in [0.25, 0.3) is 0 Å². The fourth-order valence-corrected chi connectivity index (χ4v) is 4.59. The van der Waals surface area contributed by atoms with Crippen molar-refractivity contribution < 1.29 is 23.8 Å². The molecule has 1 saturated heterocycles. The Labute approximate surface area is 175 Å². The van der Waals surface area contributed by atoms with Crippen LogP contribution in [0, 0.1) is 23.2 Å². The minimum Gasteiger partial charge on any atom is -0.492 e. The average Bonchev–Trinajstić information content (AvgIpc) is 3.16. The molecule has 1 heterocycles. The number of aliphatic hydroxyl groups excluding tert-OH is 1. The van der Waals surface area contributed by atoms with E-state index in [1.54, 1.807) is 6.08 Å². The normalized spacial score (nSPS) is 31.8. The molecule has 0 aromatic rings. The number of hydrogen-bond donors (Lipinski definition) is 1. The van der Waals surface area contributed by atoms with E-state index in [1.807, 2.05) is 12.2 Å². The Morgan fingerprint density at radius 3 is 2.79 bits per heavy atom. The lowest BCUT2D eigenvalue weighted by molar-refractivity contribution is -0.140. The summed E-state index contributed by atoms with van der Waals surface area (Å²) in [6.07, 6.45) is 9.50. The zero-order valence-electron chi connectivity index (χ0n) is 18.7. The van der Waals surface area contributed by atoms with Gasteiger partial charge in [0, 0.05) is 12.3 Å². The number of fused-ring (bicyclic) bond motifs is 1. The van der Waals surface area contributed by atoms with Gasteiger partial charge in [0.05, 0.1) is 13.2 Å². The third-order valence-corrected chi connectivity index (χ3v) is 6.68. The summed E-state index contributed by atoms with van der Waals surface area (Å²) in [6.45, 7) is 8.47. The lowest BCUT2D eigenvalue weighted by Crippen LogP contribution is -2.28. The lowest BCUT2D eigenvalue weighted by atomic mass is 9.80. The van der Waals surface area contributed by atoms with Crippen molar-refractivity contribution in [1.82, 2.24) is 0 Å². The van der Waals surface area contributed by atoms with Crippen molar-refractivity contribution in [2.24, 2.45) is 23.2 Å². The van der Waals surface area contributed by atoms with E-state index >= 15 is 4.39 Å². The molecule has 1 aliphatic heterocycles. The number of aliphatic hydroxyl groups is 1. The van der Waals surface area contributed by atoms with E-state index in [4.69, 9.17) is 4.74 Å². The lowest BCUT2D eigenvalue weighted by Gasteiger charge is -2.29.